The van der Waals surface area contributed by atoms with Gasteiger partial charge in [0, 0.05) is 6.04 Å². The van der Waals surface area contributed by atoms with Crippen LogP contribution in [0.25, 0.3) is 0 Å². The summed E-state index contributed by atoms with van der Waals surface area (Å²) in [7, 11) is 0. The third-order valence-corrected chi connectivity index (χ3v) is 3.44. The van der Waals surface area contributed by atoms with Crippen molar-refractivity contribution in [2.45, 2.75) is 33.7 Å². The molecule has 3 N–H and O–H groups in total. The molecule has 20 heavy (non-hydrogen) atoms. The average Bonchev–Trinajstić information content (AvgIpc) is 2.30. The van der Waals surface area contributed by atoms with Crippen molar-refractivity contribution < 1.29 is 14.7 Å². The summed E-state index contributed by atoms with van der Waals surface area (Å²) < 4.78 is 0. The summed E-state index contributed by atoms with van der Waals surface area (Å²) >= 11 is 5.94. The van der Waals surface area contributed by atoms with E-state index < -0.39 is 12.0 Å². The molecule has 1 atom stereocenters. The Kier molecular flexibility index (Phi) is 5.00. The zero-order chi connectivity index (χ0) is 15.5. The van der Waals surface area contributed by atoms with Crippen molar-refractivity contribution in [3.8, 4) is 0 Å². The predicted molar refractivity (Wildman–Crippen MR) is 79.5 cm³/mol. The first-order chi connectivity index (χ1) is 9.11. The summed E-state index contributed by atoms with van der Waals surface area (Å²) in [6.45, 7) is 7.93. The van der Waals surface area contributed by atoms with Crippen LogP contribution in [-0.4, -0.2) is 23.1 Å². The van der Waals surface area contributed by atoms with Gasteiger partial charge in [-0.15, -0.1) is 0 Å². The molecule has 6 heteroatoms. The highest BCUT2D eigenvalue weighted by Gasteiger charge is 2.22. The monoisotopic (exact) mass is 298 g/mol. The van der Waals surface area contributed by atoms with Gasteiger partial charge in [-0.3, -0.25) is 0 Å². The molecule has 0 fully saturated rings. The minimum Gasteiger partial charge on any atom is -0.478 e. The van der Waals surface area contributed by atoms with Crippen LogP contribution < -0.4 is 10.6 Å². The smallest absolute Gasteiger partial charge is 0.335 e. The lowest BCUT2D eigenvalue weighted by Crippen LogP contribution is -2.43. The fraction of sp³-hybridized carbons (Fsp3) is 0.429. The van der Waals surface area contributed by atoms with Crippen LogP contribution in [0.15, 0.2) is 18.2 Å². The van der Waals surface area contributed by atoms with Crippen LogP contribution in [0, 0.1) is 5.41 Å². The van der Waals surface area contributed by atoms with E-state index in [1.807, 2.05) is 27.7 Å². The van der Waals surface area contributed by atoms with Crippen LogP contribution in [0.2, 0.25) is 5.02 Å². The SMILES string of the molecule is CC(NC(=O)Nc1cc(C(=O)O)ccc1Cl)C(C)(C)C. The maximum Gasteiger partial charge on any atom is 0.335 e. The average molecular weight is 299 g/mol. The van der Waals surface area contributed by atoms with Gasteiger partial charge in [0.2, 0.25) is 0 Å². The van der Waals surface area contributed by atoms with E-state index in [0.717, 1.165) is 0 Å². The number of hydrogen-bond donors (Lipinski definition) is 3. The number of benzene rings is 1. The van der Waals surface area contributed by atoms with Crippen molar-refractivity contribution in [3.63, 3.8) is 0 Å². The molecule has 0 bridgehead atoms. The Balaban J connectivity index is 2.80. The van der Waals surface area contributed by atoms with Gasteiger partial charge in [-0.25, -0.2) is 9.59 Å². The highest BCUT2D eigenvalue weighted by atomic mass is 35.5. The Morgan fingerprint density at radius 2 is 1.90 bits per heavy atom. The molecule has 2 amide bonds. The van der Waals surface area contributed by atoms with Gasteiger partial charge in [-0.2, -0.15) is 0 Å². The molecule has 0 saturated heterocycles. The second-order valence-corrected chi connectivity index (χ2v) is 6.09. The maximum absolute atomic E-state index is 11.9. The third kappa shape index (κ3) is 4.42. The molecule has 1 unspecified atom stereocenters. The summed E-state index contributed by atoms with van der Waals surface area (Å²) in [4.78, 5) is 22.8. The number of anilines is 1. The van der Waals surface area contributed by atoms with Gasteiger partial charge in [0.25, 0.3) is 0 Å². The number of nitrogens with one attached hydrogen (secondary N) is 2. The highest BCUT2D eigenvalue weighted by molar-refractivity contribution is 6.33. The topological polar surface area (TPSA) is 78.4 Å². The number of carbonyl (C=O) groups excluding carboxylic acids is 1. The summed E-state index contributed by atoms with van der Waals surface area (Å²) in [6.07, 6.45) is 0. The molecule has 0 saturated carbocycles. The number of carbonyl (C=O) groups is 2. The number of aromatic carboxylic acids is 1. The molecule has 0 aliphatic carbocycles. The summed E-state index contributed by atoms with van der Waals surface area (Å²) in [5.74, 6) is -1.08. The second kappa shape index (κ2) is 6.13. The van der Waals surface area contributed by atoms with Crippen LogP contribution in [0.3, 0.4) is 0 Å². The molecule has 0 heterocycles. The van der Waals surface area contributed by atoms with Crippen molar-refractivity contribution in [2.24, 2.45) is 5.41 Å². The number of halogens is 1. The van der Waals surface area contributed by atoms with E-state index in [-0.39, 0.29) is 27.7 Å². The van der Waals surface area contributed by atoms with Gasteiger partial charge in [-0.05, 0) is 30.5 Å². The fourth-order valence-electron chi connectivity index (χ4n) is 1.33. The van der Waals surface area contributed by atoms with Gasteiger partial charge < -0.3 is 15.7 Å². The molecule has 0 aromatic heterocycles. The highest BCUT2D eigenvalue weighted by Crippen LogP contribution is 2.23. The lowest BCUT2D eigenvalue weighted by atomic mass is 9.88. The Labute approximate surface area is 123 Å². The summed E-state index contributed by atoms with van der Waals surface area (Å²) in [5.41, 5.74) is 0.253. The van der Waals surface area contributed by atoms with E-state index >= 15 is 0 Å². The quantitative estimate of drug-likeness (QED) is 0.798. The molecule has 1 rings (SSSR count). The molecule has 110 valence electrons. The Hall–Kier alpha value is -1.75. The number of hydrogen-bond acceptors (Lipinski definition) is 2. The lowest BCUT2D eigenvalue weighted by molar-refractivity contribution is 0.0697. The van der Waals surface area contributed by atoms with Gasteiger partial charge in [0.1, 0.15) is 0 Å². The van der Waals surface area contributed by atoms with Crippen molar-refractivity contribution in [3.05, 3.63) is 28.8 Å². The molecule has 5 nitrogen and oxygen atoms in total. The van der Waals surface area contributed by atoms with Crippen LogP contribution >= 0.6 is 11.6 Å². The van der Waals surface area contributed by atoms with Crippen LogP contribution in [0.5, 0.6) is 0 Å². The van der Waals surface area contributed by atoms with E-state index in [2.05, 4.69) is 10.6 Å². The molecule has 0 spiro atoms. The molecule has 0 aliphatic heterocycles. The van der Waals surface area contributed by atoms with Gasteiger partial charge in [0.15, 0.2) is 0 Å². The van der Waals surface area contributed by atoms with Crippen LogP contribution in [-0.2, 0) is 0 Å². The Morgan fingerprint density at radius 3 is 2.40 bits per heavy atom. The molecule has 0 aliphatic rings. The standard InChI is InChI=1S/C14H19ClN2O3/c1-8(14(2,3)4)16-13(20)17-11-7-9(12(18)19)5-6-10(11)15/h5-8H,1-4H3,(H,18,19)(H2,16,17,20). The number of urea groups is 1. The van der Waals surface area contributed by atoms with Crippen molar-refractivity contribution >= 4 is 29.3 Å². The predicted octanol–water partition coefficient (Wildman–Crippen LogP) is 3.59. The molecule has 1 aromatic carbocycles. The van der Waals surface area contributed by atoms with Crippen LogP contribution in [0.1, 0.15) is 38.1 Å². The first-order valence-electron chi connectivity index (χ1n) is 6.21. The normalized spacial score (nSPS) is 12.7. The van der Waals surface area contributed by atoms with Crippen molar-refractivity contribution in [2.75, 3.05) is 5.32 Å². The molecule has 0 radical (unpaired) electrons. The van der Waals surface area contributed by atoms with Gasteiger partial charge in [0.05, 0.1) is 16.3 Å². The number of carboxylic acids is 1. The summed E-state index contributed by atoms with van der Waals surface area (Å²) in [5, 5.41) is 14.6. The van der Waals surface area contributed by atoms with E-state index in [0.29, 0.717) is 0 Å². The Bertz CT molecular complexity index is 524. The minimum atomic E-state index is -1.08. The third-order valence-electron chi connectivity index (χ3n) is 3.11. The minimum absolute atomic E-state index is 0.0519. The first-order valence-corrected chi connectivity index (χ1v) is 6.59. The molecule has 1 aromatic rings. The van der Waals surface area contributed by atoms with E-state index in [9.17, 15) is 9.59 Å². The zero-order valence-electron chi connectivity index (χ0n) is 12.0. The number of amides is 2. The van der Waals surface area contributed by atoms with E-state index in [1.165, 1.54) is 18.2 Å². The van der Waals surface area contributed by atoms with E-state index in [4.69, 9.17) is 16.7 Å². The largest absolute Gasteiger partial charge is 0.478 e. The second-order valence-electron chi connectivity index (χ2n) is 5.69. The zero-order valence-corrected chi connectivity index (χ0v) is 12.7. The maximum atomic E-state index is 11.9. The van der Waals surface area contributed by atoms with E-state index in [1.54, 1.807) is 0 Å². The molecular weight excluding hydrogens is 280 g/mol. The first kappa shape index (κ1) is 16.3. The lowest BCUT2D eigenvalue weighted by Gasteiger charge is -2.28. The van der Waals surface area contributed by atoms with Gasteiger partial charge >= 0.3 is 12.0 Å². The van der Waals surface area contributed by atoms with Crippen molar-refractivity contribution in [1.82, 2.24) is 5.32 Å². The van der Waals surface area contributed by atoms with Crippen LogP contribution in [0.4, 0.5) is 10.5 Å². The number of rotatable bonds is 3. The fourth-order valence-corrected chi connectivity index (χ4v) is 1.49. The molecular formula is C14H19ClN2O3. The number of carboxylic acid groups (broad SMARTS) is 1. The Morgan fingerprint density at radius 1 is 1.30 bits per heavy atom. The summed E-state index contributed by atoms with van der Waals surface area (Å²) in [6, 6.07) is 3.67. The van der Waals surface area contributed by atoms with Crippen molar-refractivity contribution in [1.29, 1.82) is 0 Å². The van der Waals surface area contributed by atoms with Gasteiger partial charge in [-0.1, -0.05) is 32.4 Å².